The lowest BCUT2D eigenvalue weighted by molar-refractivity contribution is 0.0694. The third-order valence-electron chi connectivity index (χ3n) is 2.21. The minimum absolute atomic E-state index is 0.134. The largest absolute Gasteiger partial charge is 0.507 e. The van der Waals surface area contributed by atoms with E-state index in [0.29, 0.717) is 18.7 Å². The summed E-state index contributed by atoms with van der Waals surface area (Å²) in [5, 5.41) is 19.2. The number of nitrogens with zero attached hydrogens (tertiary/aromatic N) is 1. The van der Waals surface area contributed by atoms with Crippen LogP contribution in [0.3, 0.4) is 0 Å². The van der Waals surface area contributed by atoms with Gasteiger partial charge in [-0.1, -0.05) is 0 Å². The first-order valence-electron chi connectivity index (χ1n) is 5.05. The second-order valence-electron chi connectivity index (χ2n) is 3.39. The van der Waals surface area contributed by atoms with E-state index in [9.17, 15) is 9.90 Å². The van der Waals surface area contributed by atoms with Crippen LogP contribution in [0.1, 0.15) is 22.3 Å². The van der Waals surface area contributed by atoms with Crippen molar-refractivity contribution in [1.82, 2.24) is 4.98 Å². The maximum Gasteiger partial charge on any atom is 0.339 e. The molecule has 0 atom stereocenters. The molecule has 0 bridgehead atoms. The van der Waals surface area contributed by atoms with E-state index < -0.39 is 5.97 Å². The van der Waals surface area contributed by atoms with Gasteiger partial charge in [0.25, 0.3) is 0 Å². The van der Waals surface area contributed by atoms with Gasteiger partial charge in [-0.05, 0) is 13.0 Å². The van der Waals surface area contributed by atoms with Crippen LogP contribution in [0.2, 0.25) is 0 Å². The van der Waals surface area contributed by atoms with E-state index in [-0.39, 0.29) is 11.3 Å². The summed E-state index contributed by atoms with van der Waals surface area (Å²) >= 11 is 1.38. The summed E-state index contributed by atoms with van der Waals surface area (Å²) in [4.78, 5) is 15.1. The molecule has 2 aromatic rings. The predicted molar refractivity (Wildman–Crippen MR) is 63.6 cm³/mol. The Bertz CT molecular complexity index is 564. The molecule has 1 aromatic carbocycles. The van der Waals surface area contributed by atoms with Gasteiger partial charge >= 0.3 is 5.97 Å². The molecule has 0 aliphatic carbocycles. The summed E-state index contributed by atoms with van der Waals surface area (Å²) < 4.78 is 5.98. The summed E-state index contributed by atoms with van der Waals surface area (Å²) in [5.41, 5.74) is 0.436. The molecule has 0 aliphatic heterocycles. The number of thiazole rings is 1. The number of aromatic hydroxyl groups is 1. The number of aromatic nitrogens is 1. The van der Waals surface area contributed by atoms with E-state index in [1.807, 2.05) is 6.92 Å². The van der Waals surface area contributed by atoms with Gasteiger partial charge < -0.3 is 14.9 Å². The average molecular weight is 253 g/mol. The van der Waals surface area contributed by atoms with Crippen LogP contribution in [0.5, 0.6) is 5.75 Å². The molecule has 1 aromatic heterocycles. The second kappa shape index (κ2) is 4.68. The lowest BCUT2D eigenvalue weighted by atomic mass is 10.2. The zero-order chi connectivity index (χ0) is 12.4. The van der Waals surface area contributed by atoms with E-state index in [1.54, 1.807) is 0 Å². The first kappa shape index (κ1) is 11.8. The molecule has 0 amide bonds. The summed E-state index contributed by atoms with van der Waals surface area (Å²) in [6, 6.07) is 2.80. The number of phenols is 1. The number of rotatable bonds is 4. The van der Waals surface area contributed by atoms with Crippen molar-refractivity contribution in [3.63, 3.8) is 0 Å². The molecule has 0 saturated carbocycles. The topological polar surface area (TPSA) is 79.7 Å². The van der Waals surface area contributed by atoms with Gasteiger partial charge in [0.2, 0.25) is 0 Å². The van der Waals surface area contributed by atoms with Crippen molar-refractivity contribution in [2.45, 2.75) is 13.5 Å². The van der Waals surface area contributed by atoms with E-state index in [1.165, 1.54) is 23.5 Å². The van der Waals surface area contributed by atoms with Crippen LogP contribution in [0.25, 0.3) is 10.2 Å². The highest BCUT2D eigenvalue weighted by Gasteiger charge is 2.13. The van der Waals surface area contributed by atoms with E-state index in [4.69, 9.17) is 9.84 Å². The number of hydrogen-bond donors (Lipinski definition) is 2. The van der Waals surface area contributed by atoms with Crippen molar-refractivity contribution in [2.75, 3.05) is 6.61 Å². The van der Waals surface area contributed by atoms with Crippen molar-refractivity contribution in [1.29, 1.82) is 0 Å². The number of carboxylic acids is 1. The Morgan fingerprint density at radius 3 is 2.94 bits per heavy atom. The number of carbonyl (C=O) groups is 1. The number of hydrogen-bond acceptors (Lipinski definition) is 5. The minimum atomic E-state index is -1.16. The molecule has 2 rings (SSSR count). The van der Waals surface area contributed by atoms with Gasteiger partial charge in [-0.25, -0.2) is 9.78 Å². The van der Waals surface area contributed by atoms with E-state index >= 15 is 0 Å². The second-order valence-corrected chi connectivity index (χ2v) is 4.50. The zero-order valence-electron chi connectivity index (χ0n) is 9.14. The molecule has 5 nitrogen and oxygen atoms in total. The van der Waals surface area contributed by atoms with Crippen molar-refractivity contribution >= 4 is 27.5 Å². The maximum absolute atomic E-state index is 10.8. The smallest absolute Gasteiger partial charge is 0.339 e. The van der Waals surface area contributed by atoms with Gasteiger partial charge in [-0.3, -0.25) is 0 Å². The number of ether oxygens (including phenoxy) is 1. The Morgan fingerprint density at radius 1 is 1.53 bits per heavy atom. The standard InChI is InChI=1S/C11H11NO4S/c1-2-16-5-10-12-7-3-6(11(14)15)8(13)4-9(7)17-10/h3-4,13H,2,5H2,1H3,(H,14,15). The molecule has 6 heteroatoms. The molecule has 1 heterocycles. The summed E-state index contributed by atoms with van der Waals surface area (Å²) in [6.45, 7) is 2.89. The monoisotopic (exact) mass is 253 g/mol. The molecular weight excluding hydrogens is 242 g/mol. The van der Waals surface area contributed by atoms with Gasteiger partial charge in [0, 0.05) is 12.7 Å². The van der Waals surface area contributed by atoms with Crippen LogP contribution < -0.4 is 0 Å². The van der Waals surface area contributed by atoms with Crippen molar-refractivity contribution < 1.29 is 19.7 Å². The predicted octanol–water partition coefficient (Wildman–Crippen LogP) is 2.24. The Morgan fingerprint density at radius 2 is 2.29 bits per heavy atom. The first-order chi connectivity index (χ1) is 8.11. The Hall–Kier alpha value is -1.66. The molecule has 0 aliphatic rings. The zero-order valence-corrected chi connectivity index (χ0v) is 9.95. The fourth-order valence-corrected chi connectivity index (χ4v) is 2.35. The van der Waals surface area contributed by atoms with Crippen LogP contribution in [0.15, 0.2) is 12.1 Å². The number of aromatic carboxylic acids is 1. The van der Waals surface area contributed by atoms with Crippen LogP contribution in [0.4, 0.5) is 0 Å². The Kier molecular flexibility index (Phi) is 3.26. The highest BCUT2D eigenvalue weighted by molar-refractivity contribution is 7.18. The maximum atomic E-state index is 10.8. The Labute approximate surface area is 101 Å². The number of carboxylic acid groups (broad SMARTS) is 1. The summed E-state index contributed by atoms with van der Waals surface area (Å²) in [6.07, 6.45) is 0. The lowest BCUT2D eigenvalue weighted by Crippen LogP contribution is -1.96. The van der Waals surface area contributed by atoms with Crippen molar-refractivity contribution in [3.8, 4) is 5.75 Å². The molecule has 2 N–H and O–H groups in total. The third-order valence-corrected chi connectivity index (χ3v) is 3.20. The van der Waals surface area contributed by atoms with Gasteiger partial charge in [0.15, 0.2) is 0 Å². The highest BCUT2D eigenvalue weighted by Crippen LogP contribution is 2.29. The Balaban J connectivity index is 2.43. The summed E-state index contributed by atoms with van der Waals surface area (Å²) in [7, 11) is 0. The van der Waals surface area contributed by atoms with Crippen LogP contribution in [-0.4, -0.2) is 27.8 Å². The van der Waals surface area contributed by atoms with Crippen LogP contribution in [-0.2, 0) is 11.3 Å². The van der Waals surface area contributed by atoms with Crippen LogP contribution >= 0.6 is 11.3 Å². The number of benzene rings is 1. The molecule has 0 unspecified atom stereocenters. The van der Waals surface area contributed by atoms with Gasteiger partial charge in [0.05, 0.1) is 16.8 Å². The van der Waals surface area contributed by atoms with Gasteiger partial charge in [-0.15, -0.1) is 11.3 Å². The minimum Gasteiger partial charge on any atom is -0.507 e. The normalized spacial score (nSPS) is 10.9. The molecule has 0 fully saturated rings. The first-order valence-corrected chi connectivity index (χ1v) is 5.87. The molecule has 0 spiro atoms. The van der Waals surface area contributed by atoms with Crippen molar-refractivity contribution in [3.05, 3.63) is 22.7 Å². The van der Waals surface area contributed by atoms with E-state index in [2.05, 4.69) is 4.98 Å². The van der Waals surface area contributed by atoms with Crippen molar-refractivity contribution in [2.24, 2.45) is 0 Å². The lowest BCUT2D eigenvalue weighted by Gasteiger charge is -1.97. The fraction of sp³-hybridized carbons (Fsp3) is 0.273. The molecular formula is C11H11NO4S. The highest BCUT2D eigenvalue weighted by atomic mass is 32.1. The molecule has 90 valence electrons. The summed E-state index contributed by atoms with van der Waals surface area (Å²) in [5.74, 6) is -1.40. The molecule has 0 radical (unpaired) electrons. The number of fused-ring (bicyclic) bond motifs is 1. The molecule has 0 saturated heterocycles. The third kappa shape index (κ3) is 2.37. The van der Waals surface area contributed by atoms with Gasteiger partial charge in [0.1, 0.15) is 16.3 Å². The van der Waals surface area contributed by atoms with Gasteiger partial charge in [-0.2, -0.15) is 0 Å². The average Bonchev–Trinajstić information content (AvgIpc) is 2.66. The van der Waals surface area contributed by atoms with Crippen LogP contribution in [0, 0.1) is 0 Å². The fourth-order valence-electron chi connectivity index (χ4n) is 1.43. The van der Waals surface area contributed by atoms with E-state index in [0.717, 1.165) is 9.71 Å². The quantitative estimate of drug-likeness (QED) is 0.873. The molecule has 17 heavy (non-hydrogen) atoms. The SMILES string of the molecule is CCOCc1nc2cc(C(=O)O)c(O)cc2s1.